The predicted octanol–water partition coefficient (Wildman–Crippen LogP) is -1.37. The molecule has 0 spiro atoms. The molecule has 10 heteroatoms. The molecule has 0 saturated heterocycles. The van der Waals surface area contributed by atoms with Crippen molar-refractivity contribution >= 4 is 10.0 Å². The summed E-state index contributed by atoms with van der Waals surface area (Å²) in [5.74, 6) is 0.447. The van der Waals surface area contributed by atoms with Crippen LogP contribution >= 0.6 is 0 Å². The Morgan fingerprint density at radius 3 is 2.57 bits per heavy atom. The SMILES string of the molecule is CN(Cc1ncc[nH]1)S(=O)(=O)c1cn(C)c(=O)n(C)c1=O. The van der Waals surface area contributed by atoms with Crippen LogP contribution in [0.3, 0.4) is 0 Å². The molecular weight excluding hydrogens is 298 g/mol. The summed E-state index contributed by atoms with van der Waals surface area (Å²) < 4.78 is 27.7. The fraction of sp³-hybridized carbons (Fsp3) is 0.364. The summed E-state index contributed by atoms with van der Waals surface area (Å²) >= 11 is 0. The molecule has 0 aliphatic carbocycles. The van der Waals surface area contributed by atoms with E-state index >= 15 is 0 Å². The summed E-state index contributed by atoms with van der Waals surface area (Å²) in [5.41, 5.74) is -1.45. The zero-order chi connectivity index (χ0) is 15.8. The van der Waals surface area contributed by atoms with Gasteiger partial charge in [0.1, 0.15) is 5.82 Å². The first-order valence-corrected chi connectivity index (χ1v) is 7.40. The minimum absolute atomic E-state index is 0.0126. The van der Waals surface area contributed by atoms with E-state index in [-0.39, 0.29) is 6.54 Å². The van der Waals surface area contributed by atoms with Gasteiger partial charge in [-0.25, -0.2) is 18.2 Å². The van der Waals surface area contributed by atoms with Gasteiger partial charge in [0.25, 0.3) is 5.56 Å². The molecule has 0 amide bonds. The number of aromatic nitrogens is 4. The van der Waals surface area contributed by atoms with Crippen molar-refractivity contribution in [2.45, 2.75) is 11.4 Å². The highest BCUT2D eigenvalue weighted by Gasteiger charge is 2.26. The molecular formula is C11H15N5O4S. The summed E-state index contributed by atoms with van der Waals surface area (Å²) in [7, 11) is -0.0769. The van der Waals surface area contributed by atoms with Gasteiger partial charge in [-0.3, -0.25) is 9.36 Å². The summed E-state index contributed by atoms with van der Waals surface area (Å²) in [6.07, 6.45) is 4.10. The van der Waals surface area contributed by atoms with Gasteiger partial charge in [-0.05, 0) is 0 Å². The lowest BCUT2D eigenvalue weighted by molar-refractivity contribution is 0.454. The highest BCUT2D eigenvalue weighted by molar-refractivity contribution is 7.89. The molecule has 2 heterocycles. The molecule has 0 aliphatic heterocycles. The van der Waals surface area contributed by atoms with E-state index in [9.17, 15) is 18.0 Å². The van der Waals surface area contributed by atoms with E-state index < -0.39 is 26.2 Å². The maximum absolute atomic E-state index is 12.5. The Morgan fingerprint density at radius 1 is 1.33 bits per heavy atom. The molecule has 114 valence electrons. The third-order valence-corrected chi connectivity index (χ3v) is 4.82. The third-order valence-electron chi connectivity index (χ3n) is 3.03. The molecule has 0 unspecified atom stereocenters. The van der Waals surface area contributed by atoms with Crippen molar-refractivity contribution in [1.29, 1.82) is 0 Å². The molecule has 0 aliphatic rings. The van der Waals surface area contributed by atoms with E-state index in [4.69, 9.17) is 0 Å². The lowest BCUT2D eigenvalue weighted by atomic mass is 10.6. The Morgan fingerprint density at radius 2 is 2.00 bits per heavy atom. The molecule has 21 heavy (non-hydrogen) atoms. The maximum atomic E-state index is 12.5. The average molecular weight is 313 g/mol. The lowest BCUT2D eigenvalue weighted by Crippen LogP contribution is -2.41. The van der Waals surface area contributed by atoms with Crippen molar-refractivity contribution in [3.63, 3.8) is 0 Å². The molecule has 0 atom stereocenters. The van der Waals surface area contributed by atoms with E-state index in [1.54, 1.807) is 6.20 Å². The Hall–Kier alpha value is -2.20. The van der Waals surface area contributed by atoms with Crippen LogP contribution in [0.2, 0.25) is 0 Å². The largest absolute Gasteiger partial charge is 0.347 e. The Balaban J connectivity index is 2.50. The molecule has 0 saturated carbocycles. The number of rotatable bonds is 4. The Kier molecular flexibility index (Phi) is 3.83. The summed E-state index contributed by atoms with van der Waals surface area (Å²) in [4.78, 5) is 29.9. The highest BCUT2D eigenvalue weighted by atomic mass is 32.2. The second kappa shape index (κ2) is 5.30. The standard InChI is InChI=1S/C11H15N5O4S/c1-14-6-8(10(17)16(3)11(14)18)21(19,20)15(2)7-9-12-4-5-13-9/h4-6H,7H2,1-3H3,(H,12,13). The molecule has 2 rings (SSSR count). The molecule has 0 aromatic carbocycles. The quantitative estimate of drug-likeness (QED) is 0.748. The van der Waals surface area contributed by atoms with Gasteiger partial charge in [-0.1, -0.05) is 0 Å². The monoisotopic (exact) mass is 313 g/mol. The van der Waals surface area contributed by atoms with Gasteiger partial charge in [0.15, 0.2) is 4.90 Å². The second-order valence-electron chi connectivity index (χ2n) is 4.55. The lowest BCUT2D eigenvalue weighted by Gasteiger charge is -2.16. The summed E-state index contributed by atoms with van der Waals surface area (Å²) in [5, 5.41) is 0. The highest BCUT2D eigenvalue weighted by Crippen LogP contribution is 2.10. The van der Waals surface area contributed by atoms with Crippen molar-refractivity contribution in [1.82, 2.24) is 23.4 Å². The van der Waals surface area contributed by atoms with Crippen LogP contribution in [0.15, 0.2) is 33.1 Å². The Bertz CT molecular complexity index is 863. The zero-order valence-corrected chi connectivity index (χ0v) is 12.6. The maximum Gasteiger partial charge on any atom is 0.330 e. The van der Waals surface area contributed by atoms with E-state index in [1.165, 1.54) is 27.3 Å². The van der Waals surface area contributed by atoms with E-state index in [2.05, 4.69) is 9.97 Å². The Labute approximate surface area is 120 Å². The molecule has 1 N–H and O–H groups in total. The van der Waals surface area contributed by atoms with E-state index in [0.717, 1.165) is 19.6 Å². The van der Waals surface area contributed by atoms with Crippen molar-refractivity contribution in [3.8, 4) is 0 Å². The molecule has 2 aromatic rings. The number of sulfonamides is 1. The fourth-order valence-corrected chi connectivity index (χ4v) is 3.08. The van der Waals surface area contributed by atoms with Crippen LogP contribution in [-0.2, 0) is 30.7 Å². The fourth-order valence-electron chi connectivity index (χ4n) is 1.80. The molecule has 9 nitrogen and oxygen atoms in total. The van der Waals surface area contributed by atoms with Gasteiger partial charge in [-0.15, -0.1) is 0 Å². The van der Waals surface area contributed by atoms with Crippen LogP contribution in [0.4, 0.5) is 0 Å². The van der Waals surface area contributed by atoms with Gasteiger partial charge in [0.2, 0.25) is 10.0 Å². The number of nitrogens with one attached hydrogen (secondary N) is 1. The molecule has 0 bridgehead atoms. The number of aryl methyl sites for hydroxylation is 1. The van der Waals surface area contributed by atoms with Crippen LogP contribution in [0, 0.1) is 0 Å². The van der Waals surface area contributed by atoms with Crippen molar-refractivity contribution in [2.24, 2.45) is 14.1 Å². The van der Waals surface area contributed by atoms with Crippen LogP contribution in [-0.4, -0.2) is 38.9 Å². The van der Waals surface area contributed by atoms with Crippen LogP contribution in [0.1, 0.15) is 5.82 Å². The molecule has 0 fully saturated rings. The zero-order valence-electron chi connectivity index (χ0n) is 11.8. The summed E-state index contributed by atoms with van der Waals surface area (Å²) in [6.45, 7) is -0.0126. The topological polar surface area (TPSA) is 110 Å². The number of hydrogen-bond acceptors (Lipinski definition) is 5. The van der Waals surface area contributed by atoms with Gasteiger partial charge in [0.05, 0.1) is 6.54 Å². The van der Waals surface area contributed by atoms with Crippen LogP contribution in [0.5, 0.6) is 0 Å². The average Bonchev–Trinajstić information content (AvgIpc) is 2.93. The smallest absolute Gasteiger partial charge is 0.330 e. The first-order chi connectivity index (χ1) is 9.75. The van der Waals surface area contributed by atoms with Crippen molar-refractivity contribution in [2.75, 3.05) is 7.05 Å². The molecule has 2 aromatic heterocycles. The van der Waals surface area contributed by atoms with Crippen LogP contribution in [0.25, 0.3) is 0 Å². The summed E-state index contributed by atoms with van der Waals surface area (Å²) in [6, 6.07) is 0. The molecule has 0 radical (unpaired) electrons. The van der Waals surface area contributed by atoms with Gasteiger partial charge in [0, 0.05) is 39.7 Å². The number of imidazole rings is 1. The first kappa shape index (κ1) is 15.2. The minimum Gasteiger partial charge on any atom is -0.347 e. The van der Waals surface area contributed by atoms with Crippen LogP contribution < -0.4 is 11.2 Å². The van der Waals surface area contributed by atoms with Crippen molar-refractivity contribution in [3.05, 3.63) is 45.3 Å². The second-order valence-corrected chi connectivity index (χ2v) is 6.56. The van der Waals surface area contributed by atoms with Crippen molar-refractivity contribution < 1.29 is 8.42 Å². The predicted molar refractivity (Wildman–Crippen MR) is 74.2 cm³/mol. The number of H-pyrrole nitrogens is 1. The number of nitrogens with zero attached hydrogens (tertiary/aromatic N) is 4. The van der Waals surface area contributed by atoms with E-state index in [1.807, 2.05) is 0 Å². The normalized spacial score (nSPS) is 12.0. The van der Waals surface area contributed by atoms with Gasteiger partial charge < -0.3 is 9.55 Å². The minimum atomic E-state index is -4.03. The third kappa shape index (κ3) is 2.67. The van der Waals surface area contributed by atoms with Gasteiger partial charge >= 0.3 is 5.69 Å². The first-order valence-electron chi connectivity index (χ1n) is 5.96. The van der Waals surface area contributed by atoms with E-state index in [0.29, 0.717) is 5.82 Å². The number of aromatic amines is 1. The number of hydrogen-bond donors (Lipinski definition) is 1. The van der Waals surface area contributed by atoms with Gasteiger partial charge in [-0.2, -0.15) is 4.31 Å².